The maximum Gasteiger partial charge on any atom is 0.220 e. The van der Waals surface area contributed by atoms with Gasteiger partial charge in [-0.15, -0.1) is 0 Å². The number of amides is 1. The lowest BCUT2D eigenvalue weighted by Crippen LogP contribution is -2.45. The summed E-state index contributed by atoms with van der Waals surface area (Å²) < 4.78 is 0. The van der Waals surface area contributed by atoms with Crippen molar-refractivity contribution < 1.29 is 15.0 Å². The van der Waals surface area contributed by atoms with E-state index in [1.165, 1.54) is 135 Å². The molecular formula is C37H73NO3. The van der Waals surface area contributed by atoms with Crippen LogP contribution in [0.2, 0.25) is 0 Å². The van der Waals surface area contributed by atoms with Crippen LogP contribution >= 0.6 is 0 Å². The van der Waals surface area contributed by atoms with Crippen LogP contribution in [-0.4, -0.2) is 34.9 Å². The van der Waals surface area contributed by atoms with Gasteiger partial charge in [-0.25, -0.2) is 0 Å². The fourth-order valence-corrected chi connectivity index (χ4v) is 5.65. The Kier molecular flexibility index (Phi) is 32.9. The van der Waals surface area contributed by atoms with E-state index in [9.17, 15) is 15.0 Å². The fourth-order valence-electron chi connectivity index (χ4n) is 5.65. The van der Waals surface area contributed by atoms with Gasteiger partial charge in [-0.1, -0.05) is 167 Å². The minimum absolute atomic E-state index is 0.0475. The summed E-state index contributed by atoms with van der Waals surface area (Å²) in [7, 11) is 0. The molecule has 0 rings (SSSR count). The van der Waals surface area contributed by atoms with Gasteiger partial charge >= 0.3 is 0 Å². The molecule has 0 aromatic rings. The molecule has 2 atom stereocenters. The minimum Gasteiger partial charge on any atom is -0.394 e. The molecule has 0 aliphatic rings. The highest BCUT2D eigenvalue weighted by Crippen LogP contribution is 2.15. The van der Waals surface area contributed by atoms with Gasteiger partial charge in [-0.3, -0.25) is 4.79 Å². The van der Waals surface area contributed by atoms with E-state index in [0.717, 1.165) is 38.5 Å². The topological polar surface area (TPSA) is 69.6 Å². The number of nitrogens with one attached hydrogen (secondary N) is 1. The molecule has 4 nitrogen and oxygen atoms in total. The van der Waals surface area contributed by atoms with Crippen molar-refractivity contribution in [2.75, 3.05) is 6.61 Å². The number of hydrogen-bond acceptors (Lipinski definition) is 3. The lowest BCUT2D eigenvalue weighted by molar-refractivity contribution is -0.123. The zero-order chi connectivity index (χ0) is 30.1. The molecule has 0 saturated heterocycles. The average Bonchev–Trinajstić information content (AvgIpc) is 2.97. The molecule has 0 radical (unpaired) electrons. The monoisotopic (exact) mass is 580 g/mol. The number of allylic oxidation sites excluding steroid dienone is 2. The molecule has 244 valence electrons. The number of aliphatic hydroxyl groups excluding tert-OH is 2. The maximum absolute atomic E-state index is 12.3. The van der Waals surface area contributed by atoms with E-state index in [0.29, 0.717) is 12.8 Å². The lowest BCUT2D eigenvalue weighted by Gasteiger charge is -2.22. The number of carbonyl (C=O) groups is 1. The molecule has 0 aliphatic heterocycles. The van der Waals surface area contributed by atoms with Crippen molar-refractivity contribution in [1.29, 1.82) is 0 Å². The largest absolute Gasteiger partial charge is 0.394 e. The summed E-state index contributed by atoms with van der Waals surface area (Å²) in [5.74, 6) is -0.0475. The van der Waals surface area contributed by atoms with Gasteiger partial charge in [0.1, 0.15) is 0 Å². The van der Waals surface area contributed by atoms with Crippen LogP contribution in [0.25, 0.3) is 0 Å². The van der Waals surface area contributed by atoms with Crippen LogP contribution in [0, 0.1) is 0 Å². The summed E-state index contributed by atoms with van der Waals surface area (Å²) in [4.78, 5) is 12.3. The zero-order valence-corrected chi connectivity index (χ0v) is 27.8. The molecule has 4 heteroatoms. The summed E-state index contributed by atoms with van der Waals surface area (Å²) in [6.45, 7) is 4.34. The Hall–Kier alpha value is -0.870. The van der Waals surface area contributed by atoms with E-state index in [1.54, 1.807) is 0 Å². The van der Waals surface area contributed by atoms with Crippen molar-refractivity contribution in [3.8, 4) is 0 Å². The van der Waals surface area contributed by atoms with Crippen molar-refractivity contribution >= 4 is 5.91 Å². The quantitative estimate of drug-likeness (QED) is 0.0535. The Morgan fingerprint density at radius 1 is 0.561 bits per heavy atom. The molecule has 2 unspecified atom stereocenters. The Balaban J connectivity index is 3.56. The smallest absolute Gasteiger partial charge is 0.220 e. The third kappa shape index (κ3) is 30.4. The van der Waals surface area contributed by atoms with Crippen LogP contribution in [0.1, 0.15) is 200 Å². The van der Waals surface area contributed by atoms with Gasteiger partial charge in [0, 0.05) is 6.42 Å². The van der Waals surface area contributed by atoms with Gasteiger partial charge in [0.25, 0.3) is 0 Å². The van der Waals surface area contributed by atoms with Crippen molar-refractivity contribution in [3.63, 3.8) is 0 Å². The summed E-state index contributed by atoms with van der Waals surface area (Å²) in [5.41, 5.74) is 0. The van der Waals surface area contributed by atoms with E-state index in [4.69, 9.17) is 0 Å². The zero-order valence-electron chi connectivity index (χ0n) is 27.8. The number of rotatable bonds is 33. The van der Waals surface area contributed by atoms with Crippen LogP contribution in [0.15, 0.2) is 12.2 Å². The molecule has 0 fully saturated rings. The first-order valence-electron chi connectivity index (χ1n) is 18.4. The highest BCUT2D eigenvalue weighted by Gasteiger charge is 2.19. The van der Waals surface area contributed by atoms with Gasteiger partial charge in [0.15, 0.2) is 0 Å². The van der Waals surface area contributed by atoms with E-state index in [2.05, 4.69) is 31.3 Å². The van der Waals surface area contributed by atoms with Gasteiger partial charge in [0.05, 0.1) is 18.8 Å². The molecule has 41 heavy (non-hydrogen) atoms. The minimum atomic E-state index is -0.660. The predicted octanol–water partition coefficient (Wildman–Crippen LogP) is 10.7. The van der Waals surface area contributed by atoms with Crippen LogP contribution < -0.4 is 5.32 Å². The summed E-state index contributed by atoms with van der Waals surface area (Å²) >= 11 is 0. The summed E-state index contributed by atoms with van der Waals surface area (Å²) in [5, 5.41) is 23.0. The van der Waals surface area contributed by atoms with Gasteiger partial charge in [0.2, 0.25) is 5.91 Å². The van der Waals surface area contributed by atoms with Gasteiger partial charge in [-0.05, 0) is 38.5 Å². The Morgan fingerprint density at radius 3 is 1.34 bits per heavy atom. The Bertz CT molecular complexity index is 550. The molecule has 0 aromatic heterocycles. The predicted molar refractivity (Wildman–Crippen MR) is 179 cm³/mol. The molecule has 0 heterocycles. The molecule has 0 bridgehead atoms. The Morgan fingerprint density at radius 2 is 0.927 bits per heavy atom. The summed E-state index contributed by atoms with van der Waals surface area (Å²) in [6, 6.07) is -0.538. The lowest BCUT2D eigenvalue weighted by atomic mass is 10.0. The number of carbonyl (C=O) groups excluding carboxylic acids is 1. The van der Waals surface area contributed by atoms with E-state index in [-0.39, 0.29) is 12.5 Å². The second-order valence-electron chi connectivity index (χ2n) is 12.6. The van der Waals surface area contributed by atoms with Crippen LogP contribution in [0.3, 0.4) is 0 Å². The number of unbranched alkanes of at least 4 members (excludes halogenated alkanes) is 24. The second-order valence-corrected chi connectivity index (χ2v) is 12.6. The molecule has 0 spiro atoms. The van der Waals surface area contributed by atoms with Gasteiger partial charge in [-0.2, -0.15) is 0 Å². The van der Waals surface area contributed by atoms with Crippen LogP contribution in [0.5, 0.6) is 0 Å². The standard InChI is InChI=1S/C37H73NO3/c1-3-5-7-9-11-13-15-17-18-19-21-22-24-26-28-30-32-36(40)35(34-39)38-37(41)33-31-29-27-25-23-20-16-14-12-10-8-6-4-2/h20,23,35-36,39-40H,3-19,21-22,24-34H2,1-2H3,(H,38,41)/b23-20-. The third-order valence-corrected chi connectivity index (χ3v) is 8.53. The van der Waals surface area contributed by atoms with E-state index in [1.807, 2.05) is 0 Å². The molecular weight excluding hydrogens is 506 g/mol. The highest BCUT2D eigenvalue weighted by molar-refractivity contribution is 5.76. The number of aliphatic hydroxyl groups is 2. The van der Waals surface area contributed by atoms with E-state index >= 15 is 0 Å². The van der Waals surface area contributed by atoms with Gasteiger partial charge < -0.3 is 15.5 Å². The first-order valence-corrected chi connectivity index (χ1v) is 18.4. The van der Waals surface area contributed by atoms with Crippen LogP contribution in [-0.2, 0) is 4.79 Å². The van der Waals surface area contributed by atoms with Crippen molar-refractivity contribution in [1.82, 2.24) is 5.32 Å². The molecule has 1 amide bonds. The molecule has 0 saturated carbocycles. The second kappa shape index (κ2) is 33.6. The normalized spacial score (nSPS) is 13.2. The van der Waals surface area contributed by atoms with Crippen molar-refractivity contribution in [2.45, 2.75) is 212 Å². The number of hydrogen-bond donors (Lipinski definition) is 3. The molecule has 3 N–H and O–H groups in total. The van der Waals surface area contributed by atoms with Crippen LogP contribution in [0.4, 0.5) is 0 Å². The van der Waals surface area contributed by atoms with Crippen molar-refractivity contribution in [3.05, 3.63) is 12.2 Å². The SMILES string of the molecule is CCCCCCCC/C=C\CCCCCC(=O)NC(CO)C(O)CCCCCCCCCCCCCCCCCC. The molecule has 0 aromatic carbocycles. The average molecular weight is 580 g/mol. The summed E-state index contributed by atoms with van der Waals surface area (Å²) in [6.07, 6.45) is 39.8. The fraction of sp³-hybridized carbons (Fsp3) is 0.919. The third-order valence-electron chi connectivity index (χ3n) is 8.53. The maximum atomic E-state index is 12.3. The Labute approximate surface area is 256 Å². The molecule has 0 aliphatic carbocycles. The highest BCUT2D eigenvalue weighted by atomic mass is 16.3. The first-order chi connectivity index (χ1) is 20.2. The van der Waals surface area contributed by atoms with E-state index < -0.39 is 12.1 Å². The van der Waals surface area contributed by atoms with Crippen molar-refractivity contribution in [2.24, 2.45) is 0 Å². The first kappa shape index (κ1) is 40.1.